The van der Waals surface area contributed by atoms with Gasteiger partial charge < -0.3 is 4.90 Å². The maximum Gasteiger partial charge on any atom is 0.159 e. The molecular formula is C14H18ClN3. The molecule has 4 heteroatoms. The van der Waals surface area contributed by atoms with E-state index in [1.165, 1.54) is 0 Å². The molecule has 0 saturated heterocycles. The zero-order valence-electron chi connectivity index (χ0n) is 11.2. The SMILES string of the molecule is CC(C)C(C)N(C)c1nnc(Cl)c2ccccc12. The third-order valence-electron chi connectivity index (χ3n) is 3.53. The third-order valence-corrected chi connectivity index (χ3v) is 3.81. The lowest BCUT2D eigenvalue weighted by molar-refractivity contribution is 0.502. The van der Waals surface area contributed by atoms with Gasteiger partial charge in [0.25, 0.3) is 0 Å². The van der Waals surface area contributed by atoms with Crippen LogP contribution in [0.25, 0.3) is 10.8 Å². The minimum atomic E-state index is 0.392. The number of rotatable bonds is 3. The van der Waals surface area contributed by atoms with Gasteiger partial charge in [0.2, 0.25) is 0 Å². The van der Waals surface area contributed by atoms with Gasteiger partial charge in [-0.1, -0.05) is 49.7 Å². The topological polar surface area (TPSA) is 29.0 Å². The van der Waals surface area contributed by atoms with Crippen molar-refractivity contribution in [2.75, 3.05) is 11.9 Å². The van der Waals surface area contributed by atoms with Gasteiger partial charge in [-0.05, 0) is 12.8 Å². The Labute approximate surface area is 113 Å². The van der Waals surface area contributed by atoms with E-state index in [9.17, 15) is 0 Å². The average Bonchev–Trinajstić information content (AvgIpc) is 2.38. The molecule has 3 nitrogen and oxygen atoms in total. The number of fused-ring (bicyclic) bond motifs is 1. The number of nitrogens with zero attached hydrogens (tertiary/aromatic N) is 3. The van der Waals surface area contributed by atoms with Crippen LogP contribution in [0.5, 0.6) is 0 Å². The molecule has 0 spiro atoms. The molecule has 2 rings (SSSR count). The Morgan fingerprint density at radius 3 is 2.28 bits per heavy atom. The lowest BCUT2D eigenvalue weighted by Crippen LogP contribution is -2.34. The van der Waals surface area contributed by atoms with E-state index in [1.54, 1.807) is 0 Å². The van der Waals surface area contributed by atoms with Gasteiger partial charge in [0.1, 0.15) is 0 Å². The molecule has 1 aromatic heterocycles. The largest absolute Gasteiger partial charge is 0.355 e. The van der Waals surface area contributed by atoms with Crippen LogP contribution in [-0.2, 0) is 0 Å². The number of hydrogen-bond donors (Lipinski definition) is 0. The zero-order valence-corrected chi connectivity index (χ0v) is 11.9. The molecule has 0 amide bonds. The predicted molar refractivity (Wildman–Crippen MR) is 77.3 cm³/mol. The molecule has 0 saturated carbocycles. The molecule has 0 N–H and O–H groups in total. The lowest BCUT2D eigenvalue weighted by atomic mass is 10.0. The summed E-state index contributed by atoms with van der Waals surface area (Å²) in [6.07, 6.45) is 0. The Bertz CT molecular complexity index is 554. The Morgan fingerprint density at radius 2 is 1.67 bits per heavy atom. The van der Waals surface area contributed by atoms with E-state index < -0.39 is 0 Å². The number of benzene rings is 1. The highest BCUT2D eigenvalue weighted by atomic mass is 35.5. The van der Waals surface area contributed by atoms with Crippen LogP contribution in [0.3, 0.4) is 0 Å². The number of halogens is 1. The summed E-state index contributed by atoms with van der Waals surface area (Å²) in [5.41, 5.74) is 0. The number of aromatic nitrogens is 2. The van der Waals surface area contributed by atoms with Gasteiger partial charge in [0, 0.05) is 23.9 Å². The molecule has 2 aromatic rings. The van der Waals surface area contributed by atoms with Crippen LogP contribution in [0, 0.1) is 5.92 Å². The van der Waals surface area contributed by atoms with Crippen molar-refractivity contribution >= 4 is 28.2 Å². The van der Waals surface area contributed by atoms with Crippen LogP contribution in [-0.4, -0.2) is 23.3 Å². The highest BCUT2D eigenvalue weighted by molar-refractivity contribution is 6.34. The molecule has 18 heavy (non-hydrogen) atoms. The van der Waals surface area contributed by atoms with Crippen molar-refractivity contribution in [3.8, 4) is 0 Å². The molecule has 1 aromatic carbocycles. The molecule has 1 unspecified atom stereocenters. The van der Waals surface area contributed by atoms with Crippen LogP contribution < -0.4 is 4.90 Å². The van der Waals surface area contributed by atoms with Crippen LogP contribution in [0.2, 0.25) is 5.15 Å². The molecule has 0 aliphatic heterocycles. The van der Waals surface area contributed by atoms with E-state index in [4.69, 9.17) is 11.6 Å². The van der Waals surface area contributed by atoms with Gasteiger partial charge in [-0.3, -0.25) is 0 Å². The first-order valence-electron chi connectivity index (χ1n) is 6.16. The lowest BCUT2D eigenvalue weighted by Gasteiger charge is -2.29. The van der Waals surface area contributed by atoms with Gasteiger partial charge >= 0.3 is 0 Å². The van der Waals surface area contributed by atoms with Crippen LogP contribution in [0.4, 0.5) is 5.82 Å². The summed E-state index contributed by atoms with van der Waals surface area (Å²) >= 11 is 6.08. The fourth-order valence-electron chi connectivity index (χ4n) is 1.96. The van der Waals surface area contributed by atoms with Crippen LogP contribution >= 0.6 is 11.6 Å². The van der Waals surface area contributed by atoms with E-state index in [0.717, 1.165) is 16.6 Å². The second-order valence-electron chi connectivity index (χ2n) is 4.96. The smallest absolute Gasteiger partial charge is 0.159 e. The quantitative estimate of drug-likeness (QED) is 0.844. The molecule has 0 radical (unpaired) electrons. The molecule has 1 heterocycles. The van der Waals surface area contributed by atoms with Crippen molar-refractivity contribution in [1.29, 1.82) is 0 Å². The molecule has 0 aliphatic rings. The van der Waals surface area contributed by atoms with Gasteiger partial charge in [-0.2, -0.15) is 0 Å². The fraction of sp³-hybridized carbons (Fsp3) is 0.429. The monoisotopic (exact) mass is 263 g/mol. The molecule has 0 aliphatic carbocycles. The van der Waals surface area contributed by atoms with E-state index in [0.29, 0.717) is 17.1 Å². The first kappa shape index (κ1) is 13.1. The fourth-order valence-corrected chi connectivity index (χ4v) is 2.16. The van der Waals surface area contributed by atoms with Crippen molar-refractivity contribution in [1.82, 2.24) is 10.2 Å². The average molecular weight is 264 g/mol. The summed E-state index contributed by atoms with van der Waals surface area (Å²) < 4.78 is 0. The second-order valence-corrected chi connectivity index (χ2v) is 5.31. The van der Waals surface area contributed by atoms with Crippen LogP contribution in [0.15, 0.2) is 24.3 Å². The highest BCUT2D eigenvalue weighted by Gasteiger charge is 2.18. The maximum absolute atomic E-state index is 6.08. The van der Waals surface area contributed by atoms with E-state index in [1.807, 2.05) is 24.3 Å². The Balaban J connectivity index is 2.55. The first-order chi connectivity index (χ1) is 8.52. The number of hydrogen-bond acceptors (Lipinski definition) is 3. The molecule has 96 valence electrons. The Morgan fingerprint density at radius 1 is 1.06 bits per heavy atom. The summed E-state index contributed by atoms with van der Waals surface area (Å²) in [5.74, 6) is 1.43. The van der Waals surface area contributed by atoms with Crippen molar-refractivity contribution in [2.45, 2.75) is 26.8 Å². The zero-order chi connectivity index (χ0) is 13.3. The minimum Gasteiger partial charge on any atom is -0.355 e. The van der Waals surface area contributed by atoms with Crippen molar-refractivity contribution < 1.29 is 0 Å². The third kappa shape index (κ3) is 2.27. The summed E-state index contributed by atoms with van der Waals surface area (Å²) in [5, 5.41) is 10.8. The maximum atomic E-state index is 6.08. The van der Waals surface area contributed by atoms with E-state index in [2.05, 4.69) is 42.9 Å². The number of anilines is 1. The summed E-state index contributed by atoms with van der Waals surface area (Å²) in [6.45, 7) is 6.59. The van der Waals surface area contributed by atoms with Crippen molar-refractivity contribution in [3.05, 3.63) is 29.4 Å². The minimum absolute atomic E-state index is 0.392. The Kier molecular flexibility index (Phi) is 3.71. The van der Waals surface area contributed by atoms with E-state index >= 15 is 0 Å². The summed E-state index contributed by atoms with van der Waals surface area (Å²) in [7, 11) is 2.05. The standard InChI is InChI=1S/C14H18ClN3/c1-9(2)10(3)18(4)14-12-8-6-5-7-11(12)13(15)16-17-14/h5-10H,1-4H3. The summed E-state index contributed by atoms with van der Waals surface area (Å²) in [6, 6.07) is 8.37. The molecule has 0 fully saturated rings. The van der Waals surface area contributed by atoms with Crippen molar-refractivity contribution in [3.63, 3.8) is 0 Å². The molecule has 1 atom stereocenters. The predicted octanol–water partition coefficient (Wildman–Crippen LogP) is 3.76. The van der Waals surface area contributed by atoms with Gasteiger partial charge in [0.15, 0.2) is 11.0 Å². The van der Waals surface area contributed by atoms with Crippen molar-refractivity contribution in [2.24, 2.45) is 5.92 Å². The van der Waals surface area contributed by atoms with Gasteiger partial charge in [-0.25, -0.2) is 0 Å². The van der Waals surface area contributed by atoms with E-state index in [-0.39, 0.29) is 0 Å². The Hall–Kier alpha value is -1.35. The van der Waals surface area contributed by atoms with Gasteiger partial charge in [0.05, 0.1) is 0 Å². The molecular weight excluding hydrogens is 246 g/mol. The normalized spacial score (nSPS) is 13.0. The molecule has 0 bridgehead atoms. The van der Waals surface area contributed by atoms with Gasteiger partial charge in [-0.15, -0.1) is 10.2 Å². The van der Waals surface area contributed by atoms with Crippen LogP contribution in [0.1, 0.15) is 20.8 Å². The second kappa shape index (κ2) is 5.11. The highest BCUT2D eigenvalue weighted by Crippen LogP contribution is 2.29. The first-order valence-corrected chi connectivity index (χ1v) is 6.54. The summed E-state index contributed by atoms with van der Waals surface area (Å²) in [4.78, 5) is 2.16.